The molecule has 1 aromatic heterocycles. The van der Waals surface area contributed by atoms with Crippen LogP contribution in [0.5, 0.6) is 0 Å². The summed E-state index contributed by atoms with van der Waals surface area (Å²) in [5.41, 5.74) is -0.121. The Morgan fingerprint density at radius 2 is 1.91 bits per heavy atom. The molecule has 0 aliphatic carbocycles. The Labute approximate surface area is 131 Å². The highest BCUT2D eigenvalue weighted by Crippen LogP contribution is 2.30. The molecule has 1 N–H and O–H groups in total. The summed E-state index contributed by atoms with van der Waals surface area (Å²) in [6.45, 7) is 0.348. The predicted molar refractivity (Wildman–Crippen MR) is 76.8 cm³/mol. The van der Waals surface area contributed by atoms with E-state index in [0.29, 0.717) is 6.54 Å². The summed E-state index contributed by atoms with van der Waals surface area (Å²) in [6, 6.07) is 5.88. The van der Waals surface area contributed by atoms with Gasteiger partial charge in [0.1, 0.15) is 5.82 Å². The molecule has 7 heteroatoms. The molecule has 3 nitrogen and oxygen atoms in total. The van der Waals surface area contributed by atoms with Gasteiger partial charge in [-0.2, -0.15) is 13.2 Å². The van der Waals surface area contributed by atoms with E-state index in [1.54, 1.807) is 29.4 Å². The zero-order valence-electron chi connectivity index (χ0n) is 12.2. The quantitative estimate of drug-likeness (QED) is 0.827. The van der Waals surface area contributed by atoms with E-state index in [2.05, 4.69) is 4.98 Å². The van der Waals surface area contributed by atoms with Crippen molar-refractivity contribution in [3.63, 3.8) is 0 Å². The Morgan fingerprint density at radius 3 is 2.52 bits per heavy atom. The zero-order chi connectivity index (χ0) is 16.9. The normalized spacial score (nSPS) is 11.9. The smallest absolute Gasteiger partial charge is 0.395 e. The number of rotatable bonds is 6. The van der Waals surface area contributed by atoms with Crippen molar-refractivity contribution in [2.75, 3.05) is 13.2 Å². The predicted octanol–water partition coefficient (Wildman–Crippen LogP) is 3.23. The molecule has 0 unspecified atom stereocenters. The van der Waals surface area contributed by atoms with E-state index in [9.17, 15) is 17.6 Å². The minimum atomic E-state index is -4.52. The van der Waals surface area contributed by atoms with Gasteiger partial charge in [-0.05, 0) is 29.8 Å². The number of pyridine rings is 1. The van der Waals surface area contributed by atoms with Crippen LogP contribution in [-0.4, -0.2) is 28.1 Å². The van der Waals surface area contributed by atoms with Gasteiger partial charge in [-0.15, -0.1) is 0 Å². The summed E-state index contributed by atoms with van der Waals surface area (Å²) in [5, 5.41) is 9.11. The van der Waals surface area contributed by atoms with E-state index in [4.69, 9.17) is 5.11 Å². The topological polar surface area (TPSA) is 36.4 Å². The van der Waals surface area contributed by atoms with Crippen molar-refractivity contribution in [1.82, 2.24) is 9.88 Å². The maximum atomic E-state index is 13.8. The molecule has 0 atom stereocenters. The number of hydrogen-bond acceptors (Lipinski definition) is 3. The summed E-state index contributed by atoms with van der Waals surface area (Å²) in [5.74, 6) is -0.702. The van der Waals surface area contributed by atoms with Crippen molar-refractivity contribution in [3.8, 4) is 0 Å². The summed E-state index contributed by atoms with van der Waals surface area (Å²) < 4.78 is 52.1. The number of aliphatic hydroxyl groups is 1. The van der Waals surface area contributed by atoms with Crippen LogP contribution in [0, 0.1) is 5.82 Å². The molecule has 0 amide bonds. The number of benzene rings is 1. The average molecular weight is 328 g/mol. The van der Waals surface area contributed by atoms with Crippen molar-refractivity contribution in [2.24, 2.45) is 0 Å². The molecule has 1 aromatic carbocycles. The van der Waals surface area contributed by atoms with Crippen LogP contribution >= 0.6 is 0 Å². The van der Waals surface area contributed by atoms with Crippen molar-refractivity contribution in [1.29, 1.82) is 0 Å². The van der Waals surface area contributed by atoms with Crippen LogP contribution < -0.4 is 0 Å². The van der Waals surface area contributed by atoms with E-state index in [1.807, 2.05) is 0 Å². The van der Waals surface area contributed by atoms with Crippen molar-refractivity contribution in [2.45, 2.75) is 19.3 Å². The van der Waals surface area contributed by atoms with Gasteiger partial charge in [0.15, 0.2) is 0 Å². The molecule has 0 spiro atoms. The highest BCUT2D eigenvalue weighted by atomic mass is 19.4. The first-order chi connectivity index (χ1) is 10.9. The van der Waals surface area contributed by atoms with Gasteiger partial charge >= 0.3 is 6.18 Å². The Kier molecular flexibility index (Phi) is 5.68. The third-order valence-electron chi connectivity index (χ3n) is 3.31. The Balaban J connectivity index is 2.19. The molecule has 0 aliphatic heterocycles. The average Bonchev–Trinajstić information content (AvgIpc) is 2.49. The van der Waals surface area contributed by atoms with E-state index < -0.39 is 17.6 Å². The van der Waals surface area contributed by atoms with Gasteiger partial charge in [-0.25, -0.2) is 4.39 Å². The van der Waals surface area contributed by atoms with Crippen molar-refractivity contribution < 1.29 is 22.7 Å². The fourth-order valence-corrected chi connectivity index (χ4v) is 2.22. The largest absolute Gasteiger partial charge is 0.416 e. The number of aliphatic hydroxyl groups excluding tert-OH is 1. The molecule has 0 radical (unpaired) electrons. The molecule has 124 valence electrons. The first-order valence-corrected chi connectivity index (χ1v) is 6.98. The zero-order valence-corrected chi connectivity index (χ0v) is 12.2. The number of hydrogen-bond donors (Lipinski definition) is 1. The highest BCUT2D eigenvalue weighted by molar-refractivity contribution is 5.27. The van der Waals surface area contributed by atoms with Crippen LogP contribution in [0.2, 0.25) is 0 Å². The summed E-state index contributed by atoms with van der Waals surface area (Å²) >= 11 is 0. The van der Waals surface area contributed by atoms with Gasteiger partial charge in [-0.3, -0.25) is 9.88 Å². The van der Waals surface area contributed by atoms with E-state index >= 15 is 0 Å². The lowest BCUT2D eigenvalue weighted by Crippen LogP contribution is -2.26. The minimum absolute atomic E-state index is 0.0365. The van der Waals surface area contributed by atoms with Crippen molar-refractivity contribution in [3.05, 3.63) is 65.2 Å². The van der Waals surface area contributed by atoms with Gasteiger partial charge in [-0.1, -0.05) is 6.07 Å². The third-order valence-corrected chi connectivity index (χ3v) is 3.31. The lowest BCUT2D eigenvalue weighted by atomic mass is 10.1. The van der Waals surface area contributed by atoms with E-state index in [0.717, 1.165) is 23.8 Å². The molecule has 0 bridgehead atoms. The molecule has 1 heterocycles. The first-order valence-electron chi connectivity index (χ1n) is 6.98. The number of alkyl halides is 3. The molecule has 0 saturated carbocycles. The lowest BCUT2D eigenvalue weighted by Gasteiger charge is -2.22. The molecule has 0 aliphatic rings. The minimum Gasteiger partial charge on any atom is -0.395 e. The summed E-state index contributed by atoms with van der Waals surface area (Å²) in [7, 11) is 0. The van der Waals surface area contributed by atoms with Gasteiger partial charge in [0.2, 0.25) is 0 Å². The third kappa shape index (κ3) is 5.01. The van der Waals surface area contributed by atoms with Crippen molar-refractivity contribution >= 4 is 0 Å². The maximum absolute atomic E-state index is 13.8. The standard InChI is InChI=1S/C16H16F4N2O/c17-15-4-3-14(16(18,19)20)8-13(15)11-22(6-7-23)10-12-2-1-5-21-9-12/h1-5,8-9,23H,6-7,10-11H2. The number of halogens is 4. The summed E-state index contributed by atoms with van der Waals surface area (Å²) in [4.78, 5) is 5.62. The maximum Gasteiger partial charge on any atom is 0.416 e. The molecule has 0 fully saturated rings. The second-order valence-corrected chi connectivity index (χ2v) is 5.10. The van der Waals surface area contributed by atoms with Gasteiger partial charge in [0.25, 0.3) is 0 Å². The molecule has 2 rings (SSSR count). The van der Waals surface area contributed by atoms with E-state index in [-0.39, 0.29) is 25.3 Å². The van der Waals surface area contributed by atoms with E-state index in [1.165, 1.54) is 0 Å². The van der Waals surface area contributed by atoms with Crippen LogP contribution in [-0.2, 0) is 19.3 Å². The van der Waals surface area contributed by atoms with Gasteiger partial charge in [0, 0.05) is 37.6 Å². The number of nitrogens with zero attached hydrogens (tertiary/aromatic N) is 2. The Bertz CT molecular complexity index is 632. The monoisotopic (exact) mass is 328 g/mol. The van der Waals surface area contributed by atoms with Gasteiger partial charge < -0.3 is 5.11 Å². The first kappa shape index (κ1) is 17.4. The summed E-state index contributed by atoms with van der Waals surface area (Å²) in [6.07, 6.45) is -1.30. The fourth-order valence-electron chi connectivity index (χ4n) is 2.22. The second-order valence-electron chi connectivity index (χ2n) is 5.10. The molecule has 2 aromatic rings. The van der Waals surface area contributed by atoms with Crippen LogP contribution in [0.1, 0.15) is 16.7 Å². The molecular formula is C16H16F4N2O. The lowest BCUT2D eigenvalue weighted by molar-refractivity contribution is -0.137. The van der Waals surface area contributed by atoms with Crippen LogP contribution in [0.15, 0.2) is 42.7 Å². The fraction of sp³-hybridized carbons (Fsp3) is 0.312. The molecular weight excluding hydrogens is 312 g/mol. The molecule has 23 heavy (non-hydrogen) atoms. The van der Waals surface area contributed by atoms with Gasteiger partial charge in [0.05, 0.1) is 12.2 Å². The molecule has 0 saturated heterocycles. The Morgan fingerprint density at radius 1 is 1.13 bits per heavy atom. The second kappa shape index (κ2) is 7.52. The van der Waals surface area contributed by atoms with Crippen LogP contribution in [0.3, 0.4) is 0 Å². The Hall–Kier alpha value is -1.99. The SMILES string of the molecule is OCCN(Cc1cccnc1)Cc1cc(C(F)(F)F)ccc1F. The highest BCUT2D eigenvalue weighted by Gasteiger charge is 2.31. The van der Waals surface area contributed by atoms with Crippen LogP contribution in [0.25, 0.3) is 0 Å². The van der Waals surface area contributed by atoms with Crippen LogP contribution in [0.4, 0.5) is 17.6 Å². The number of aromatic nitrogens is 1.